The van der Waals surface area contributed by atoms with Gasteiger partial charge >= 0.3 is 0 Å². The first-order valence-electron chi connectivity index (χ1n) is 6.77. The van der Waals surface area contributed by atoms with Crippen molar-refractivity contribution in [3.05, 3.63) is 17.7 Å². The maximum absolute atomic E-state index is 13.9. The lowest BCUT2D eigenvalue weighted by atomic mass is 10.2. The molecule has 0 aliphatic heterocycles. The minimum Gasteiger partial charge on any atom is -0.368 e. The third-order valence-electron chi connectivity index (χ3n) is 2.85. The van der Waals surface area contributed by atoms with E-state index in [2.05, 4.69) is 16.4 Å². The topological polar surface area (TPSA) is 52.0 Å². The number of halogens is 2. The predicted molar refractivity (Wildman–Crippen MR) is 75.6 cm³/mol. The van der Waals surface area contributed by atoms with E-state index in [1.807, 2.05) is 13.8 Å². The van der Waals surface area contributed by atoms with Crippen molar-refractivity contribution in [1.82, 2.24) is 4.98 Å². The molecule has 0 radical (unpaired) electrons. The molecule has 1 N–H and O–H groups in total. The lowest BCUT2D eigenvalue weighted by Crippen LogP contribution is -2.30. The summed E-state index contributed by atoms with van der Waals surface area (Å²) in [6.45, 7) is 6.95. The predicted octanol–water partition coefficient (Wildman–Crippen LogP) is 3.17. The number of aromatic nitrogens is 1. The Balaban J connectivity index is 3.05. The molecule has 0 aliphatic rings. The number of rotatable bonds is 7. The third kappa shape index (κ3) is 4.05. The van der Waals surface area contributed by atoms with Gasteiger partial charge in [0, 0.05) is 25.7 Å². The molecular weight excluding hydrogens is 262 g/mol. The molecular formula is C14H20F2N4. The van der Waals surface area contributed by atoms with Crippen LogP contribution in [-0.2, 0) is 0 Å². The van der Waals surface area contributed by atoms with E-state index in [1.165, 1.54) is 0 Å². The Kier molecular flexibility index (Phi) is 6.16. The maximum atomic E-state index is 13.9. The fraction of sp³-hybridized carbons (Fsp3) is 0.571. The fourth-order valence-corrected chi connectivity index (χ4v) is 1.78. The molecule has 1 aromatic heterocycles. The van der Waals surface area contributed by atoms with Crippen LogP contribution in [0.15, 0.2) is 6.07 Å². The van der Waals surface area contributed by atoms with Gasteiger partial charge in [-0.1, -0.05) is 6.92 Å². The van der Waals surface area contributed by atoms with Gasteiger partial charge in [0.1, 0.15) is 0 Å². The van der Waals surface area contributed by atoms with Crippen LogP contribution in [0.3, 0.4) is 0 Å². The largest absolute Gasteiger partial charge is 0.368 e. The summed E-state index contributed by atoms with van der Waals surface area (Å²) in [6.07, 6.45) is 0.816. The summed E-state index contributed by atoms with van der Waals surface area (Å²) in [4.78, 5) is 5.66. The van der Waals surface area contributed by atoms with Gasteiger partial charge in [0.2, 0.25) is 0 Å². The Bertz CT molecular complexity index is 485. The van der Waals surface area contributed by atoms with Gasteiger partial charge in [-0.05, 0) is 20.3 Å². The van der Waals surface area contributed by atoms with Crippen molar-refractivity contribution in [2.24, 2.45) is 5.92 Å². The van der Waals surface area contributed by atoms with E-state index < -0.39 is 11.6 Å². The van der Waals surface area contributed by atoms with Crippen LogP contribution in [0.25, 0.3) is 0 Å². The average Bonchev–Trinajstić information content (AvgIpc) is 2.44. The van der Waals surface area contributed by atoms with E-state index in [4.69, 9.17) is 5.26 Å². The number of anilines is 2. The summed E-state index contributed by atoms with van der Waals surface area (Å²) in [5.41, 5.74) is 0. The van der Waals surface area contributed by atoms with E-state index in [-0.39, 0.29) is 17.6 Å². The lowest BCUT2D eigenvalue weighted by molar-refractivity contribution is 0.564. The van der Waals surface area contributed by atoms with Crippen LogP contribution in [0.5, 0.6) is 0 Å². The van der Waals surface area contributed by atoms with Crippen LogP contribution in [0.4, 0.5) is 20.4 Å². The highest BCUT2D eigenvalue weighted by molar-refractivity contribution is 5.49. The zero-order valence-corrected chi connectivity index (χ0v) is 12.1. The van der Waals surface area contributed by atoms with Crippen molar-refractivity contribution in [2.45, 2.75) is 27.2 Å². The van der Waals surface area contributed by atoms with Crippen LogP contribution in [-0.4, -0.2) is 24.6 Å². The molecule has 110 valence electrons. The molecule has 0 aliphatic carbocycles. The second-order valence-electron chi connectivity index (χ2n) is 4.62. The molecule has 0 bridgehead atoms. The summed E-state index contributed by atoms with van der Waals surface area (Å²) in [5.74, 6) is -1.55. The molecule has 1 heterocycles. The summed E-state index contributed by atoms with van der Waals surface area (Å²) in [7, 11) is 0. The molecule has 20 heavy (non-hydrogen) atoms. The molecule has 0 saturated carbocycles. The van der Waals surface area contributed by atoms with E-state index in [1.54, 1.807) is 11.8 Å². The minimum absolute atomic E-state index is 0.0475. The normalized spacial score (nSPS) is 11.8. The maximum Gasteiger partial charge on any atom is 0.168 e. The molecule has 1 aromatic rings. The van der Waals surface area contributed by atoms with Gasteiger partial charge in [0.05, 0.1) is 12.0 Å². The van der Waals surface area contributed by atoms with Crippen LogP contribution < -0.4 is 10.2 Å². The average molecular weight is 282 g/mol. The van der Waals surface area contributed by atoms with Gasteiger partial charge in [0.25, 0.3) is 0 Å². The molecule has 0 saturated heterocycles. The number of hydrogen-bond acceptors (Lipinski definition) is 4. The summed E-state index contributed by atoms with van der Waals surface area (Å²) in [5, 5.41) is 11.7. The first-order valence-corrected chi connectivity index (χ1v) is 6.77. The van der Waals surface area contributed by atoms with Gasteiger partial charge in [-0.2, -0.15) is 5.26 Å². The highest BCUT2D eigenvalue weighted by atomic mass is 19.1. The van der Waals surface area contributed by atoms with Gasteiger partial charge in [0.15, 0.2) is 23.3 Å². The van der Waals surface area contributed by atoms with E-state index in [0.717, 1.165) is 12.5 Å². The van der Waals surface area contributed by atoms with Crippen molar-refractivity contribution in [3.63, 3.8) is 0 Å². The molecule has 0 amide bonds. The Morgan fingerprint density at radius 2 is 2.10 bits per heavy atom. The van der Waals surface area contributed by atoms with Crippen molar-refractivity contribution in [1.29, 1.82) is 5.26 Å². The number of nitriles is 1. The van der Waals surface area contributed by atoms with Gasteiger partial charge in [-0.3, -0.25) is 0 Å². The SMILES string of the molecule is CCCNc1nc(N(CC)CC(C)C#N)c(F)cc1F. The monoisotopic (exact) mass is 282 g/mol. The highest BCUT2D eigenvalue weighted by Crippen LogP contribution is 2.23. The molecule has 0 spiro atoms. The first kappa shape index (κ1) is 16.2. The lowest BCUT2D eigenvalue weighted by Gasteiger charge is -2.24. The Morgan fingerprint density at radius 3 is 2.65 bits per heavy atom. The fourth-order valence-electron chi connectivity index (χ4n) is 1.78. The van der Waals surface area contributed by atoms with Crippen molar-refractivity contribution >= 4 is 11.6 Å². The number of hydrogen-bond donors (Lipinski definition) is 1. The molecule has 1 atom stereocenters. The number of pyridine rings is 1. The van der Waals surface area contributed by atoms with Crippen LogP contribution in [0, 0.1) is 28.9 Å². The van der Waals surface area contributed by atoms with E-state index >= 15 is 0 Å². The van der Waals surface area contributed by atoms with Gasteiger partial charge in [-0.25, -0.2) is 13.8 Å². The first-order chi connectivity index (χ1) is 9.53. The van der Waals surface area contributed by atoms with Crippen LogP contribution in [0.2, 0.25) is 0 Å². The molecule has 0 fully saturated rings. The molecule has 0 aromatic carbocycles. The Morgan fingerprint density at radius 1 is 1.40 bits per heavy atom. The molecule has 6 heteroatoms. The zero-order chi connectivity index (χ0) is 15.1. The van der Waals surface area contributed by atoms with E-state index in [9.17, 15) is 8.78 Å². The highest BCUT2D eigenvalue weighted by Gasteiger charge is 2.18. The third-order valence-corrected chi connectivity index (χ3v) is 2.85. The summed E-state index contributed by atoms with van der Waals surface area (Å²) in [6, 6.07) is 2.93. The minimum atomic E-state index is -0.712. The van der Waals surface area contributed by atoms with Crippen molar-refractivity contribution in [3.8, 4) is 6.07 Å². The van der Waals surface area contributed by atoms with Crippen molar-refractivity contribution in [2.75, 3.05) is 29.9 Å². The zero-order valence-electron chi connectivity index (χ0n) is 12.1. The van der Waals surface area contributed by atoms with Crippen LogP contribution in [0.1, 0.15) is 27.2 Å². The Hall–Kier alpha value is -1.90. The van der Waals surface area contributed by atoms with E-state index in [0.29, 0.717) is 19.6 Å². The second kappa shape index (κ2) is 7.63. The summed E-state index contributed by atoms with van der Waals surface area (Å²) >= 11 is 0. The molecule has 4 nitrogen and oxygen atoms in total. The van der Waals surface area contributed by atoms with Crippen molar-refractivity contribution < 1.29 is 8.78 Å². The van der Waals surface area contributed by atoms with Crippen LogP contribution >= 0.6 is 0 Å². The molecule has 1 rings (SSSR count). The summed E-state index contributed by atoms with van der Waals surface area (Å²) < 4.78 is 27.5. The smallest absolute Gasteiger partial charge is 0.168 e. The standard InChI is InChI=1S/C14H20F2N4/c1-4-6-18-13-11(15)7-12(16)14(19-13)20(5-2)9-10(3)8-17/h7,10H,4-6,9H2,1-3H3,(H,18,19). The molecule has 1 unspecified atom stereocenters. The Labute approximate surface area is 118 Å². The quantitative estimate of drug-likeness (QED) is 0.834. The second-order valence-corrected chi connectivity index (χ2v) is 4.62. The van der Waals surface area contributed by atoms with Gasteiger partial charge in [-0.15, -0.1) is 0 Å². The number of nitrogens with zero attached hydrogens (tertiary/aromatic N) is 3. The number of nitrogens with one attached hydrogen (secondary N) is 1. The van der Waals surface area contributed by atoms with Gasteiger partial charge < -0.3 is 10.2 Å².